The van der Waals surface area contributed by atoms with E-state index in [1.54, 1.807) is 7.11 Å². The van der Waals surface area contributed by atoms with Crippen LogP contribution in [0.5, 0.6) is 5.75 Å². The average Bonchev–Trinajstić information content (AvgIpc) is 3.87. The van der Waals surface area contributed by atoms with Gasteiger partial charge in [-0.25, -0.2) is 4.79 Å². The Balaban J connectivity index is 1.36. The first-order valence-corrected chi connectivity index (χ1v) is 20.3. The highest BCUT2D eigenvalue weighted by Gasteiger charge is 2.79. The third kappa shape index (κ3) is 4.59. The second-order valence-electron chi connectivity index (χ2n) is 17.6. The summed E-state index contributed by atoms with van der Waals surface area (Å²) in [5.74, 6) is -0.908. The summed E-state index contributed by atoms with van der Waals surface area (Å²) in [6.07, 6.45) is 5.82. The summed E-state index contributed by atoms with van der Waals surface area (Å²) in [4.78, 5) is 39.7. The molecule has 1 aromatic heterocycles. The lowest BCUT2D eigenvalue weighted by atomic mass is 9.47. The number of rotatable bonds is 6. The quantitative estimate of drug-likeness (QED) is 0.216. The number of nitrogens with zero attached hydrogens (tertiary/aromatic N) is 3. The molecule has 1 spiro atoms. The molecule has 6 heterocycles. The Kier molecular flexibility index (Phi) is 8.59. The van der Waals surface area contributed by atoms with Gasteiger partial charge in [-0.1, -0.05) is 44.2 Å². The van der Waals surface area contributed by atoms with E-state index in [1.807, 2.05) is 62.2 Å². The van der Waals surface area contributed by atoms with Crippen molar-refractivity contribution in [2.45, 2.75) is 92.6 Å². The molecule has 56 heavy (non-hydrogen) atoms. The first kappa shape index (κ1) is 37.6. The number of likely N-dealkylation sites (N-methyl/N-ethyl adjacent to an activating group) is 1. The molecule has 6 aliphatic rings. The SMILES string of the molecule is CCC1(O)CC2C[N@](CCc3c([nH]c4ccccc34)[C@@](C(=O)OC)(c3cc4c(cc3OC)N(C)C3C45CCN4CC=C[C@](CC)(C45)[C@@H](O)[C@]3(O)C(=O)OC)C2)C1. The maximum Gasteiger partial charge on any atom is 0.342 e. The van der Waals surface area contributed by atoms with Gasteiger partial charge in [0, 0.05) is 84.0 Å². The number of aliphatic hydroxyl groups excluding tert-OH is 1. The predicted molar refractivity (Wildman–Crippen MR) is 211 cm³/mol. The number of aromatic nitrogens is 1. The van der Waals surface area contributed by atoms with Crippen molar-refractivity contribution < 1.29 is 39.1 Å². The Labute approximate surface area is 328 Å². The number of hydrogen-bond acceptors (Lipinski definition) is 11. The Hall–Kier alpha value is -3.94. The maximum absolute atomic E-state index is 15.2. The lowest BCUT2D eigenvalue weighted by molar-refractivity contribution is -0.218. The second-order valence-corrected chi connectivity index (χ2v) is 17.6. The van der Waals surface area contributed by atoms with E-state index in [0.717, 1.165) is 46.5 Å². The third-order valence-electron chi connectivity index (χ3n) is 15.4. The zero-order valence-corrected chi connectivity index (χ0v) is 33.4. The van der Waals surface area contributed by atoms with Crippen molar-refractivity contribution >= 4 is 28.5 Å². The number of para-hydroxylation sites is 1. The van der Waals surface area contributed by atoms with Gasteiger partial charge in [0.2, 0.25) is 5.60 Å². The number of piperidine rings is 1. The molecule has 10 atom stereocenters. The average molecular weight is 769 g/mol. The van der Waals surface area contributed by atoms with Crippen LogP contribution in [0.25, 0.3) is 10.9 Å². The minimum atomic E-state index is -2.29. The van der Waals surface area contributed by atoms with Gasteiger partial charge in [0.25, 0.3) is 0 Å². The van der Waals surface area contributed by atoms with Gasteiger partial charge in [-0.05, 0) is 74.2 Å². The molecule has 12 heteroatoms. The normalized spacial score (nSPS) is 38.4. The first-order valence-electron chi connectivity index (χ1n) is 20.3. The van der Waals surface area contributed by atoms with Crippen molar-refractivity contribution in [3.63, 3.8) is 0 Å². The highest BCUT2D eigenvalue weighted by atomic mass is 16.5. The number of nitrogens with one attached hydrogen (secondary N) is 1. The fourth-order valence-electron chi connectivity index (χ4n) is 13.2. The van der Waals surface area contributed by atoms with E-state index in [-0.39, 0.29) is 12.0 Å². The number of hydrogen-bond donors (Lipinski definition) is 4. The van der Waals surface area contributed by atoms with Crippen LogP contribution in [0.1, 0.15) is 68.3 Å². The number of methoxy groups -OCH3 is 3. The van der Waals surface area contributed by atoms with Crippen molar-refractivity contribution in [1.29, 1.82) is 0 Å². The van der Waals surface area contributed by atoms with Crippen LogP contribution in [0.3, 0.4) is 0 Å². The largest absolute Gasteiger partial charge is 0.496 e. The van der Waals surface area contributed by atoms with Crippen molar-refractivity contribution in [2.75, 3.05) is 66.0 Å². The monoisotopic (exact) mass is 768 g/mol. The zero-order valence-electron chi connectivity index (χ0n) is 33.4. The molecule has 3 aromatic rings. The molecule has 1 aliphatic carbocycles. The summed E-state index contributed by atoms with van der Waals surface area (Å²) in [7, 11) is 6.17. The van der Waals surface area contributed by atoms with Gasteiger partial charge in [0.15, 0.2) is 0 Å². The molecular formula is C44H56N4O8. The van der Waals surface area contributed by atoms with E-state index < -0.39 is 51.5 Å². The molecule has 12 nitrogen and oxygen atoms in total. The molecule has 0 amide bonds. The van der Waals surface area contributed by atoms with Crippen LogP contribution in [-0.4, -0.2) is 133 Å². The smallest absolute Gasteiger partial charge is 0.342 e. The Morgan fingerprint density at radius 2 is 1.73 bits per heavy atom. The number of anilines is 1. The van der Waals surface area contributed by atoms with E-state index in [0.29, 0.717) is 69.5 Å². The molecule has 4 N–H and O–H groups in total. The Morgan fingerprint density at radius 3 is 2.45 bits per heavy atom. The van der Waals surface area contributed by atoms with Gasteiger partial charge >= 0.3 is 11.9 Å². The van der Waals surface area contributed by atoms with Gasteiger partial charge in [-0.3, -0.25) is 14.6 Å². The van der Waals surface area contributed by atoms with E-state index >= 15 is 4.79 Å². The van der Waals surface area contributed by atoms with Gasteiger partial charge in [0.05, 0.1) is 33.0 Å². The van der Waals surface area contributed by atoms with Crippen LogP contribution in [-0.2, 0) is 36.3 Å². The van der Waals surface area contributed by atoms with Crippen LogP contribution in [0, 0.1) is 11.3 Å². The van der Waals surface area contributed by atoms with Gasteiger partial charge in [-0.2, -0.15) is 0 Å². The molecule has 1 saturated carbocycles. The topological polar surface area (TPSA) is 148 Å². The summed E-state index contributed by atoms with van der Waals surface area (Å²) in [6.45, 7) is 7.41. The fourth-order valence-corrected chi connectivity index (χ4v) is 13.2. The van der Waals surface area contributed by atoms with E-state index in [9.17, 15) is 20.1 Å². The van der Waals surface area contributed by atoms with E-state index in [2.05, 4.69) is 26.9 Å². The van der Waals surface area contributed by atoms with E-state index in [4.69, 9.17) is 14.2 Å². The first-order chi connectivity index (χ1) is 26.8. The molecular weight excluding hydrogens is 713 g/mol. The zero-order chi connectivity index (χ0) is 39.6. The van der Waals surface area contributed by atoms with Crippen LogP contribution >= 0.6 is 0 Å². The molecule has 2 aromatic carbocycles. The van der Waals surface area contributed by atoms with Crippen LogP contribution < -0.4 is 9.64 Å². The molecule has 2 bridgehead atoms. The summed E-state index contributed by atoms with van der Waals surface area (Å²) in [5.41, 5.74) is -1.43. The predicted octanol–water partition coefficient (Wildman–Crippen LogP) is 3.42. The number of ether oxygens (including phenoxy) is 3. The lowest BCUT2D eigenvalue weighted by Crippen LogP contribution is -2.80. The third-order valence-corrected chi connectivity index (χ3v) is 15.4. The summed E-state index contributed by atoms with van der Waals surface area (Å²) < 4.78 is 17.6. The molecule has 2 saturated heterocycles. The number of benzene rings is 2. The van der Waals surface area contributed by atoms with Crippen LogP contribution in [0.4, 0.5) is 5.69 Å². The molecule has 5 aliphatic heterocycles. The molecule has 0 radical (unpaired) electrons. The van der Waals surface area contributed by atoms with Crippen molar-refractivity contribution in [3.8, 4) is 5.75 Å². The summed E-state index contributed by atoms with van der Waals surface area (Å²) in [6, 6.07) is 11.1. The van der Waals surface area contributed by atoms with Crippen LogP contribution in [0.15, 0.2) is 48.6 Å². The van der Waals surface area contributed by atoms with Gasteiger partial charge in [0.1, 0.15) is 17.3 Å². The molecule has 3 fully saturated rings. The Bertz CT molecular complexity index is 2140. The minimum Gasteiger partial charge on any atom is -0.496 e. The number of aromatic amines is 1. The number of esters is 2. The summed E-state index contributed by atoms with van der Waals surface area (Å²) in [5, 5.41) is 38.3. The van der Waals surface area contributed by atoms with Crippen molar-refractivity contribution in [3.05, 3.63) is 70.9 Å². The fraction of sp³-hybridized carbons (Fsp3) is 0.591. The molecule has 300 valence electrons. The highest BCUT2D eigenvalue weighted by molar-refractivity contribution is 5.95. The standard InChI is InChI=1S/C44H56N4O8/c1-7-40(52)22-26-23-43(38(50)55-5,34-28(14-18-47(24-26)25-40)27-12-9-10-13-31(27)45-34)30-20-29-32(21-33(30)54-4)46(3)36-42(29)16-19-48-17-11-15-41(8-2,35(42)48)37(49)44(36,53)39(51)56-6/h9-13,15,20-21,26,35-37,45,49,52-53H,7-8,14,16-19,22-25H2,1-6H3/t26?,35?,36?,37-,40?,41-,42?,43+,44+/m1/s1. The Morgan fingerprint density at radius 1 is 0.964 bits per heavy atom. The number of aliphatic hydroxyl groups is 3. The van der Waals surface area contributed by atoms with E-state index in [1.165, 1.54) is 14.2 Å². The minimum absolute atomic E-state index is 0.0795. The maximum atomic E-state index is 15.2. The molecule has 5 unspecified atom stereocenters. The number of fused-ring (bicyclic) bond motifs is 6. The molecule has 9 rings (SSSR count). The number of carbonyl (C=O) groups excluding carboxylic acids is 2. The summed E-state index contributed by atoms with van der Waals surface area (Å²) >= 11 is 0. The van der Waals surface area contributed by atoms with Crippen LogP contribution in [0.2, 0.25) is 0 Å². The second kappa shape index (κ2) is 12.8. The lowest BCUT2D eigenvalue weighted by Gasteiger charge is -2.63. The van der Waals surface area contributed by atoms with Crippen molar-refractivity contribution in [2.24, 2.45) is 11.3 Å². The van der Waals surface area contributed by atoms with Gasteiger partial charge < -0.3 is 39.4 Å². The number of carbonyl (C=O) groups is 2. The van der Waals surface area contributed by atoms with Gasteiger partial charge in [-0.15, -0.1) is 0 Å². The van der Waals surface area contributed by atoms with Crippen molar-refractivity contribution in [1.82, 2.24) is 14.8 Å². The number of H-pyrrole nitrogens is 1. The highest BCUT2D eigenvalue weighted by Crippen LogP contribution is 2.67.